The van der Waals surface area contributed by atoms with Crippen molar-refractivity contribution >= 4 is 34.0 Å². The van der Waals surface area contributed by atoms with Crippen LogP contribution in [0.4, 0.5) is 5.69 Å². The summed E-state index contributed by atoms with van der Waals surface area (Å²) in [5.41, 5.74) is 4.46. The highest BCUT2D eigenvalue weighted by Gasteiger charge is 2.23. The molecule has 0 spiro atoms. The van der Waals surface area contributed by atoms with Crippen LogP contribution in [0.15, 0.2) is 52.9 Å². The fourth-order valence-electron chi connectivity index (χ4n) is 4.14. The highest BCUT2D eigenvalue weighted by molar-refractivity contribution is 7.80. The number of thiocarbonyl (C=S) groups is 1. The fourth-order valence-corrected chi connectivity index (χ4v) is 4.50. The number of para-hydroxylation sites is 1. The number of nitrogens with one attached hydrogen (secondary N) is 1. The molecule has 2 aromatic carbocycles. The summed E-state index contributed by atoms with van der Waals surface area (Å²) >= 11 is 5.90. The monoisotopic (exact) mass is 451 g/mol. The van der Waals surface area contributed by atoms with E-state index in [1.165, 1.54) is 11.1 Å². The van der Waals surface area contributed by atoms with Gasteiger partial charge < -0.3 is 19.4 Å². The van der Waals surface area contributed by atoms with Gasteiger partial charge in [0.2, 0.25) is 0 Å². The lowest BCUT2D eigenvalue weighted by Crippen LogP contribution is -2.41. The predicted molar refractivity (Wildman–Crippen MR) is 135 cm³/mol. The SMILES string of the molecule is Cc1ccc(NC(=S)N(CCCN2CCOCC2)[C@@H](C)c2cc3ccccc3o2)cc1C. The molecule has 1 N–H and O–H groups in total. The van der Waals surface area contributed by atoms with E-state index in [9.17, 15) is 0 Å². The van der Waals surface area contributed by atoms with Crippen molar-refractivity contribution in [2.45, 2.75) is 33.2 Å². The molecule has 6 heteroatoms. The van der Waals surface area contributed by atoms with Crippen LogP contribution in [-0.4, -0.2) is 54.3 Å². The Hall–Kier alpha value is -2.41. The second-order valence-corrected chi connectivity index (χ2v) is 8.98. The molecule has 1 aliphatic heterocycles. The molecule has 0 radical (unpaired) electrons. The summed E-state index contributed by atoms with van der Waals surface area (Å²) in [4.78, 5) is 4.72. The molecule has 1 saturated heterocycles. The number of nitrogens with zero attached hydrogens (tertiary/aromatic N) is 2. The third-order valence-electron chi connectivity index (χ3n) is 6.32. The maximum atomic E-state index is 6.19. The van der Waals surface area contributed by atoms with Gasteiger partial charge in [-0.2, -0.15) is 0 Å². The largest absolute Gasteiger partial charge is 0.459 e. The van der Waals surface area contributed by atoms with E-state index in [0.717, 1.165) is 73.3 Å². The molecule has 0 bridgehead atoms. The summed E-state index contributed by atoms with van der Waals surface area (Å²) in [6.45, 7) is 12.0. The van der Waals surface area contributed by atoms with Crippen molar-refractivity contribution in [3.05, 3.63) is 65.4 Å². The zero-order valence-electron chi connectivity index (χ0n) is 19.3. The Kier molecular flexibility index (Phi) is 7.45. The second kappa shape index (κ2) is 10.5. The Balaban J connectivity index is 1.50. The van der Waals surface area contributed by atoms with E-state index in [1.807, 2.05) is 18.2 Å². The van der Waals surface area contributed by atoms with Crippen LogP contribution in [0.1, 0.15) is 36.3 Å². The highest BCUT2D eigenvalue weighted by atomic mass is 32.1. The first kappa shape index (κ1) is 22.8. The van der Waals surface area contributed by atoms with Crippen molar-refractivity contribution in [1.82, 2.24) is 9.80 Å². The van der Waals surface area contributed by atoms with E-state index in [0.29, 0.717) is 0 Å². The van der Waals surface area contributed by atoms with Gasteiger partial charge in [0, 0.05) is 37.3 Å². The Morgan fingerprint density at radius 2 is 1.88 bits per heavy atom. The highest BCUT2D eigenvalue weighted by Crippen LogP contribution is 2.28. The number of ether oxygens (including phenoxy) is 1. The van der Waals surface area contributed by atoms with Gasteiger partial charge in [-0.3, -0.25) is 4.90 Å². The van der Waals surface area contributed by atoms with E-state index in [-0.39, 0.29) is 6.04 Å². The van der Waals surface area contributed by atoms with Crippen molar-refractivity contribution in [2.75, 3.05) is 44.7 Å². The number of anilines is 1. The lowest BCUT2D eigenvalue weighted by atomic mass is 10.1. The van der Waals surface area contributed by atoms with Gasteiger partial charge >= 0.3 is 0 Å². The van der Waals surface area contributed by atoms with E-state index in [2.05, 4.69) is 66.2 Å². The summed E-state index contributed by atoms with van der Waals surface area (Å²) in [7, 11) is 0. The molecule has 1 fully saturated rings. The number of hydrogen-bond donors (Lipinski definition) is 1. The smallest absolute Gasteiger partial charge is 0.174 e. The van der Waals surface area contributed by atoms with Crippen molar-refractivity contribution in [3.8, 4) is 0 Å². The zero-order valence-corrected chi connectivity index (χ0v) is 20.1. The fraction of sp³-hybridized carbons (Fsp3) is 0.423. The van der Waals surface area contributed by atoms with Crippen molar-refractivity contribution in [3.63, 3.8) is 0 Å². The standard InChI is InChI=1S/C26H33N3O2S/c1-19-9-10-23(17-20(19)2)27-26(32)29(12-6-11-28-13-15-30-16-14-28)21(3)25-18-22-7-4-5-8-24(22)31-25/h4-5,7-10,17-18,21H,6,11-16H2,1-3H3,(H,27,32)/t21-/m0/s1. The van der Waals surface area contributed by atoms with Gasteiger partial charge in [0.25, 0.3) is 0 Å². The Bertz CT molecular complexity index is 1030. The molecule has 32 heavy (non-hydrogen) atoms. The third-order valence-corrected chi connectivity index (χ3v) is 6.66. The van der Waals surface area contributed by atoms with E-state index >= 15 is 0 Å². The predicted octanol–water partition coefficient (Wildman–Crippen LogP) is 5.53. The minimum absolute atomic E-state index is 0.0265. The first-order valence-electron chi connectivity index (χ1n) is 11.4. The maximum absolute atomic E-state index is 6.19. The summed E-state index contributed by atoms with van der Waals surface area (Å²) in [5.74, 6) is 0.932. The van der Waals surface area contributed by atoms with Crippen LogP contribution in [-0.2, 0) is 4.74 Å². The van der Waals surface area contributed by atoms with Gasteiger partial charge in [0.05, 0.1) is 19.3 Å². The number of morpholine rings is 1. The van der Waals surface area contributed by atoms with Crippen LogP contribution in [0.2, 0.25) is 0 Å². The van der Waals surface area contributed by atoms with E-state index < -0.39 is 0 Å². The van der Waals surface area contributed by atoms with Crippen molar-refractivity contribution in [1.29, 1.82) is 0 Å². The van der Waals surface area contributed by atoms with Gasteiger partial charge in [-0.1, -0.05) is 24.3 Å². The van der Waals surface area contributed by atoms with Crippen molar-refractivity contribution < 1.29 is 9.15 Å². The molecule has 1 aliphatic rings. The molecule has 0 saturated carbocycles. The van der Waals surface area contributed by atoms with Gasteiger partial charge in [-0.15, -0.1) is 0 Å². The van der Waals surface area contributed by atoms with Crippen molar-refractivity contribution in [2.24, 2.45) is 0 Å². The number of benzene rings is 2. The Morgan fingerprint density at radius 1 is 1.09 bits per heavy atom. The van der Waals surface area contributed by atoms with Crippen LogP contribution in [0.3, 0.4) is 0 Å². The third kappa shape index (κ3) is 5.49. The maximum Gasteiger partial charge on any atom is 0.174 e. The topological polar surface area (TPSA) is 40.9 Å². The first-order chi connectivity index (χ1) is 15.5. The lowest BCUT2D eigenvalue weighted by Gasteiger charge is -2.32. The molecule has 1 aromatic heterocycles. The normalized spacial score (nSPS) is 15.6. The molecule has 0 amide bonds. The summed E-state index contributed by atoms with van der Waals surface area (Å²) in [6, 6.07) is 16.7. The average Bonchev–Trinajstić information content (AvgIpc) is 3.24. The number of hydrogen-bond acceptors (Lipinski definition) is 4. The summed E-state index contributed by atoms with van der Waals surface area (Å²) < 4.78 is 11.7. The second-order valence-electron chi connectivity index (χ2n) is 8.59. The zero-order chi connectivity index (χ0) is 22.5. The molecule has 3 aromatic rings. The Labute approximate surface area is 196 Å². The molecule has 2 heterocycles. The molecule has 4 rings (SSSR count). The van der Waals surface area contributed by atoms with Crippen LogP contribution in [0.25, 0.3) is 11.0 Å². The summed E-state index contributed by atoms with van der Waals surface area (Å²) in [6.07, 6.45) is 1.03. The molecular weight excluding hydrogens is 418 g/mol. The van der Waals surface area contributed by atoms with Crippen LogP contribution >= 0.6 is 12.2 Å². The van der Waals surface area contributed by atoms with E-state index in [4.69, 9.17) is 21.4 Å². The summed E-state index contributed by atoms with van der Waals surface area (Å²) in [5, 5.41) is 5.31. The van der Waals surface area contributed by atoms with Crippen LogP contribution in [0.5, 0.6) is 0 Å². The van der Waals surface area contributed by atoms with Gasteiger partial charge in [-0.25, -0.2) is 0 Å². The molecule has 0 aliphatic carbocycles. The number of rotatable bonds is 7. The molecule has 170 valence electrons. The quantitative estimate of drug-likeness (QED) is 0.476. The molecule has 0 unspecified atom stereocenters. The molecule has 5 nitrogen and oxygen atoms in total. The Morgan fingerprint density at radius 3 is 2.62 bits per heavy atom. The minimum atomic E-state index is 0.0265. The number of aryl methyl sites for hydroxylation is 2. The van der Waals surface area contributed by atoms with E-state index in [1.54, 1.807) is 0 Å². The average molecular weight is 452 g/mol. The first-order valence-corrected chi connectivity index (χ1v) is 11.9. The molecular formula is C26H33N3O2S. The van der Waals surface area contributed by atoms with Gasteiger partial charge in [0.1, 0.15) is 11.3 Å². The number of furan rings is 1. The lowest BCUT2D eigenvalue weighted by molar-refractivity contribution is 0.0365. The molecule has 1 atom stereocenters. The number of fused-ring (bicyclic) bond motifs is 1. The minimum Gasteiger partial charge on any atom is -0.459 e. The van der Waals surface area contributed by atoms with Gasteiger partial charge in [-0.05, 0) is 74.8 Å². The van der Waals surface area contributed by atoms with Crippen LogP contribution < -0.4 is 5.32 Å². The van der Waals surface area contributed by atoms with Gasteiger partial charge in [0.15, 0.2) is 5.11 Å². The van der Waals surface area contributed by atoms with Crippen LogP contribution in [0, 0.1) is 13.8 Å².